The molecule has 6 heteroatoms. The third-order valence-electron chi connectivity index (χ3n) is 3.21. The second kappa shape index (κ2) is 7.94. The van der Waals surface area contributed by atoms with Crippen molar-refractivity contribution in [3.05, 3.63) is 58.9 Å². The van der Waals surface area contributed by atoms with Gasteiger partial charge in [0, 0.05) is 11.6 Å². The molecule has 0 atom stereocenters. The molecule has 0 aromatic heterocycles. The highest BCUT2D eigenvalue weighted by atomic mass is 35.5. The molecule has 2 aromatic carbocycles. The van der Waals surface area contributed by atoms with Crippen LogP contribution in [0.4, 0.5) is 10.1 Å². The number of carbonyl (C=O) groups excluding carboxylic acids is 1. The van der Waals surface area contributed by atoms with Crippen molar-refractivity contribution in [2.75, 3.05) is 26.0 Å². The number of hydrogen-bond donors (Lipinski definition) is 1. The Bertz CT molecular complexity index is 694. The van der Waals surface area contributed by atoms with Gasteiger partial charge in [-0.05, 0) is 42.9 Å². The molecule has 122 valence electrons. The molecule has 0 fully saturated rings. The summed E-state index contributed by atoms with van der Waals surface area (Å²) in [5.41, 5.74) is 1.14. The number of carbonyl (C=O) groups is 1. The van der Waals surface area contributed by atoms with E-state index in [1.807, 2.05) is 36.2 Å². The number of methoxy groups -OCH3 is 1. The molecule has 23 heavy (non-hydrogen) atoms. The van der Waals surface area contributed by atoms with Crippen LogP contribution in [0.1, 0.15) is 5.56 Å². The Hall–Kier alpha value is -2.11. The van der Waals surface area contributed by atoms with E-state index in [0.29, 0.717) is 6.54 Å². The zero-order valence-corrected chi connectivity index (χ0v) is 13.7. The molecule has 0 radical (unpaired) electrons. The van der Waals surface area contributed by atoms with E-state index in [1.165, 1.54) is 12.1 Å². The molecule has 0 bridgehead atoms. The second-order valence-corrected chi connectivity index (χ2v) is 5.63. The number of ether oxygens (including phenoxy) is 1. The van der Waals surface area contributed by atoms with Gasteiger partial charge in [-0.2, -0.15) is 0 Å². The maximum absolute atomic E-state index is 13.7. The maximum Gasteiger partial charge on any atom is 0.238 e. The first-order valence-electron chi connectivity index (χ1n) is 7.04. The summed E-state index contributed by atoms with van der Waals surface area (Å²) in [4.78, 5) is 13.8. The van der Waals surface area contributed by atoms with Gasteiger partial charge in [0.15, 0.2) is 0 Å². The van der Waals surface area contributed by atoms with E-state index in [9.17, 15) is 9.18 Å². The molecule has 2 aromatic rings. The lowest BCUT2D eigenvalue weighted by molar-refractivity contribution is -0.117. The van der Waals surface area contributed by atoms with Crippen molar-refractivity contribution in [1.82, 2.24) is 4.90 Å². The molecule has 1 N–H and O–H groups in total. The summed E-state index contributed by atoms with van der Waals surface area (Å²) in [7, 11) is 3.42. The highest BCUT2D eigenvalue weighted by Gasteiger charge is 2.10. The van der Waals surface area contributed by atoms with Crippen LogP contribution in [0.3, 0.4) is 0 Å². The molecular formula is C17H18ClFN2O2. The molecule has 0 heterocycles. The Kier molecular flexibility index (Phi) is 5.96. The standard InChI is InChI=1S/C17H18ClFN2O2/c1-21(10-12-4-3-5-14(8-12)23-2)11-17(22)20-16-7-6-13(18)9-15(16)19/h3-9H,10-11H2,1-2H3,(H,20,22). The molecule has 0 saturated carbocycles. The van der Waals surface area contributed by atoms with Gasteiger partial charge < -0.3 is 10.1 Å². The minimum atomic E-state index is -0.554. The maximum atomic E-state index is 13.7. The van der Waals surface area contributed by atoms with Crippen LogP contribution in [0, 0.1) is 5.82 Å². The van der Waals surface area contributed by atoms with Gasteiger partial charge in [0.1, 0.15) is 11.6 Å². The van der Waals surface area contributed by atoms with Crippen LogP contribution in [0.2, 0.25) is 5.02 Å². The fourth-order valence-electron chi connectivity index (χ4n) is 2.16. The van der Waals surface area contributed by atoms with Gasteiger partial charge in [-0.25, -0.2) is 4.39 Å². The lowest BCUT2D eigenvalue weighted by atomic mass is 10.2. The van der Waals surface area contributed by atoms with Gasteiger partial charge >= 0.3 is 0 Å². The summed E-state index contributed by atoms with van der Waals surface area (Å²) in [6.45, 7) is 0.715. The van der Waals surface area contributed by atoms with Crippen molar-refractivity contribution < 1.29 is 13.9 Å². The molecule has 1 amide bonds. The van der Waals surface area contributed by atoms with E-state index in [0.717, 1.165) is 17.4 Å². The van der Waals surface area contributed by atoms with Gasteiger partial charge in [0.25, 0.3) is 0 Å². The molecule has 0 unspecified atom stereocenters. The average Bonchev–Trinajstić information content (AvgIpc) is 2.50. The predicted octanol–water partition coefficient (Wildman–Crippen LogP) is 3.56. The zero-order valence-electron chi connectivity index (χ0n) is 13.0. The van der Waals surface area contributed by atoms with Crippen LogP contribution in [0.5, 0.6) is 5.75 Å². The van der Waals surface area contributed by atoms with Crippen LogP contribution in [0.15, 0.2) is 42.5 Å². The third kappa shape index (κ3) is 5.23. The van der Waals surface area contributed by atoms with Gasteiger partial charge in [0.05, 0.1) is 19.3 Å². The van der Waals surface area contributed by atoms with Gasteiger partial charge in [-0.1, -0.05) is 23.7 Å². The monoisotopic (exact) mass is 336 g/mol. The highest BCUT2D eigenvalue weighted by molar-refractivity contribution is 6.30. The Labute approximate surface area is 139 Å². The van der Waals surface area contributed by atoms with Crippen molar-refractivity contribution >= 4 is 23.2 Å². The summed E-state index contributed by atoms with van der Waals surface area (Å²) >= 11 is 5.68. The fourth-order valence-corrected chi connectivity index (χ4v) is 2.32. The van der Waals surface area contributed by atoms with Crippen molar-refractivity contribution in [1.29, 1.82) is 0 Å². The summed E-state index contributed by atoms with van der Waals surface area (Å²) in [5, 5.41) is 2.83. The number of nitrogens with zero attached hydrogens (tertiary/aromatic N) is 1. The first-order chi connectivity index (χ1) is 11.0. The molecule has 2 rings (SSSR count). The van der Waals surface area contributed by atoms with E-state index < -0.39 is 5.82 Å². The summed E-state index contributed by atoms with van der Waals surface area (Å²) in [6, 6.07) is 11.8. The number of anilines is 1. The minimum absolute atomic E-state index is 0.120. The predicted molar refractivity (Wildman–Crippen MR) is 89.4 cm³/mol. The normalized spacial score (nSPS) is 10.7. The number of hydrogen-bond acceptors (Lipinski definition) is 3. The zero-order chi connectivity index (χ0) is 16.8. The topological polar surface area (TPSA) is 41.6 Å². The molecule has 0 aliphatic carbocycles. The fraction of sp³-hybridized carbons (Fsp3) is 0.235. The SMILES string of the molecule is COc1cccc(CN(C)CC(=O)Nc2ccc(Cl)cc2F)c1. The van der Waals surface area contributed by atoms with E-state index in [1.54, 1.807) is 7.11 Å². The van der Waals surface area contributed by atoms with Gasteiger partial charge in [0.2, 0.25) is 5.91 Å². The number of amides is 1. The quantitative estimate of drug-likeness (QED) is 0.877. The number of halogens is 2. The largest absolute Gasteiger partial charge is 0.497 e. The summed E-state index contributed by atoms with van der Waals surface area (Å²) in [6.07, 6.45) is 0. The van der Waals surface area contributed by atoms with Crippen LogP contribution < -0.4 is 10.1 Å². The van der Waals surface area contributed by atoms with Crippen LogP contribution in [-0.2, 0) is 11.3 Å². The van der Waals surface area contributed by atoms with Gasteiger partial charge in [-0.15, -0.1) is 0 Å². The lowest BCUT2D eigenvalue weighted by Crippen LogP contribution is -2.30. The molecule has 0 aliphatic rings. The Morgan fingerprint density at radius 3 is 2.78 bits per heavy atom. The summed E-state index contributed by atoms with van der Waals surface area (Å²) < 4.78 is 18.8. The van der Waals surface area contributed by atoms with Crippen molar-refractivity contribution in [2.24, 2.45) is 0 Å². The Morgan fingerprint density at radius 1 is 1.30 bits per heavy atom. The third-order valence-corrected chi connectivity index (χ3v) is 3.44. The van der Waals surface area contributed by atoms with Crippen molar-refractivity contribution in [3.8, 4) is 5.75 Å². The van der Waals surface area contributed by atoms with Crippen molar-refractivity contribution in [2.45, 2.75) is 6.54 Å². The van der Waals surface area contributed by atoms with E-state index >= 15 is 0 Å². The first-order valence-corrected chi connectivity index (χ1v) is 7.42. The van der Waals surface area contributed by atoms with Crippen LogP contribution in [-0.4, -0.2) is 31.5 Å². The lowest BCUT2D eigenvalue weighted by Gasteiger charge is -2.17. The molecule has 4 nitrogen and oxygen atoms in total. The average molecular weight is 337 g/mol. The second-order valence-electron chi connectivity index (χ2n) is 5.20. The van der Waals surface area contributed by atoms with Crippen molar-refractivity contribution in [3.63, 3.8) is 0 Å². The molecule has 0 spiro atoms. The number of likely N-dealkylation sites (N-methyl/N-ethyl adjacent to an activating group) is 1. The Balaban J connectivity index is 1.91. The highest BCUT2D eigenvalue weighted by Crippen LogP contribution is 2.19. The van der Waals surface area contributed by atoms with Crippen LogP contribution in [0.25, 0.3) is 0 Å². The summed E-state index contributed by atoms with van der Waals surface area (Å²) in [5.74, 6) is -0.0819. The first kappa shape index (κ1) is 17.2. The van der Waals surface area contributed by atoms with E-state index in [-0.39, 0.29) is 23.2 Å². The Morgan fingerprint density at radius 2 is 2.09 bits per heavy atom. The minimum Gasteiger partial charge on any atom is -0.497 e. The molecular weight excluding hydrogens is 319 g/mol. The van der Waals surface area contributed by atoms with E-state index in [4.69, 9.17) is 16.3 Å². The molecule has 0 saturated heterocycles. The van der Waals surface area contributed by atoms with Crippen LogP contribution >= 0.6 is 11.6 Å². The number of rotatable bonds is 6. The number of benzene rings is 2. The molecule has 0 aliphatic heterocycles. The van der Waals surface area contributed by atoms with Gasteiger partial charge in [-0.3, -0.25) is 9.69 Å². The van der Waals surface area contributed by atoms with E-state index in [2.05, 4.69) is 5.32 Å². The number of nitrogens with one attached hydrogen (secondary N) is 1. The smallest absolute Gasteiger partial charge is 0.238 e.